The second kappa shape index (κ2) is 6.02. The average molecular weight is 218 g/mol. The van der Waals surface area contributed by atoms with Crippen LogP contribution in [-0.4, -0.2) is 31.1 Å². The number of hydrogen-bond donors (Lipinski definition) is 1. The number of nitrogens with two attached hydrogens (primary N) is 1. The molecule has 0 atom stereocenters. The van der Waals surface area contributed by atoms with Crippen molar-refractivity contribution in [2.45, 2.75) is 25.2 Å². The molecule has 0 aliphatic carbocycles. The van der Waals surface area contributed by atoms with Crippen molar-refractivity contribution in [3.63, 3.8) is 0 Å². The van der Waals surface area contributed by atoms with Crippen LogP contribution in [0.2, 0.25) is 0 Å². The molecule has 0 radical (unpaired) electrons. The van der Waals surface area contributed by atoms with Gasteiger partial charge in [0, 0.05) is 19.0 Å². The van der Waals surface area contributed by atoms with Crippen molar-refractivity contribution in [3.05, 3.63) is 35.9 Å². The Labute approximate surface area is 98.4 Å². The van der Waals surface area contributed by atoms with E-state index in [0.29, 0.717) is 0 Å². The lowest BCUT2D eigenvalue weighted by atomic mass is 9.91. The van der Waals surface area contributed by atoms with Crippen molar-refractivity contribution >= 4 is 0 Å². The molecule has 2 nitrogen and oxygen atoms in total. The van der Waals surface area contributed by atoms with Crippen LogP contribution in [0.25, 0.3) is 0 Å². The van der Waals surface area contributed by atoms with Gasteiger partial charge in [-0.15, -0.1) is 0 Å². The number of hydrogen-bond acceptors (Lipinski definition) is 2. The molecular weight excluding hydrogens is 196 g/mol. The van der Waals surface area contributed by atoms with Gasteiger partial charge in [0.25, 0.3) is 0 Å². The molecule has 0 bridgehead atoms. The van der Waals surface area contributed by atoms with Crippen molar-refractivity contribution in [3.8, 4) is 0 Å². The Kier molecular flexibility index (Phi) is 4.37. The quantitative estimate of drug-likeness (QED) is 0.742. The summed E-state index contributed by atoms with van der Waals surface area (Å²) in [5.41, 5.74) is 6.98. The van der Waals surface area contributed by atoms with E-state index in [0.717, 1.165) is 12.5 Å². The number of rotatable bonds is 6. The molecule has 1 aromatic rings. The van der Waals surface area contributed by atoms with Gasteiger partial charge in [-0.2, -0.15) is 0 Å². The largest absolute Gasteiger partial charge is 0.330 e. The fourth-order valence-corrected chi connectivity index (χ4v) is 2.34. The van der Waals surface area contributed by atoms with Gasteiger partial charge in [-0.05, 0) is 31.5 Å². The minimum Gasteiger partial charge on any atom is -0.330 e. The zero-order valence-electron chi connectivity index (χ0n) is 9.94. The highest BCUT2D eigenvalue weighted by Gasteiger charge is 2.26. The molecule has 0 amide bonds. The molecule has 0 aromatic heterocycles. The zero-order chi connectivity index (χ0) is 11.2. The minimum absolute atomic E-state index is 0.774. The Balaban J connectivity index is 1.63. The Morgan fingerprint density at radius 3 is 2.50 bits per heavy atom. The predicted octanol–water partition coefficient (Wildman–Crippen LogP) is 2.21. The molecule has 2 N–H and O–H groups in total. The van der Waals surface area contributed by atoms with E-state index in [1.165, 1.54) is 44.5 Å². The second-order valence-corrected chi connectivity index (χ2v) is 4.72. The molecule has 2 rings (SSSR count). The fourth-order valence-electron chi connectivity index (χ4n) is 2.34. The van der Waals surface area contributed by atoms with Crippen LogP contribution in [0.4, 0.5) is 0 Å². The van der Waals surface area contributed by atoms with Gasteiger partial charge in [0.1, 0.15) is 0 Å². The molecule has 1 aliphatic rings. The first kappa shape index (κ1) is 11.6. The summed E-state index contributed by atoms with van der Waals surface area (Å²) < 4.78 is 0. The van der Waals surface area contributed by atoms with Crippen molar-refractivity contribution in [1.82, 2.24) is 4.90 Å². The maximum absolute atomic E-state index is 5.48. The highest BCUT2D eigenvalue weighted by molar-refractivity contribution is 5.22. The number of likely N-dealkylation sites (tertiary alicyclic amines) is 1. The Hall–Kier alpha value is -0.860. The summed E-state index contributed by atoms with van der Waals surface area (Å²) in [4.78, 5) is 2.55. The van der Waals surface area contributed by atoms with Gasteiger partial charge >= 0.3 is 0 Å². The third kappa shape index (κ3) is 3.06. The van der Waals surface area contributed by atoms with E-state index in [1.807, 2.05) is 0 Å². The van der Waals surface area contributed by atoms with Crippen LogP contribution in [0.3, 0.4) is 0 Å². The summed E-state index contributed by atoms with van der Waals surface area (Å²) in [6.07, 6.45) is 3.76. The van der Waals surface area contributed by atoms with Crippen LogP contribution < -0.4 is 5.73 Å². The molecule has 1 saturated heterocycles. The van der Waals surface area contributed by atoms with E-state index in [-0.39, 0.29) is 0 Å². The van der Waals surface area contributed by atoms with Crippen LogP contribution in [-0.2, 0) is 0 Å². The number of unbranched alkanes of at least 4 members (excludes halogenated alkanes) is 2. The maximum Gasteiger partial charge on any atom is 0.00936 e. The Bertz CT molecular complexity index is 291. The van der Waals surface area contributed by atoms with Crippen molar-refractivity contribution in [1.29, 1.82) is 0 Å². The average Bonchev–Trinajstić information content (AvgIpc) is 2.28. The fraction of sp³-hybridized carbons (Fsp3) is 0.571. The zero-order valence-corrected chi connectivity index (χ0v) is 9.94. The van der Waals surface area contributed by atoms with Crippen molar-refractivity contribution in [2.24, 2.45) is 5.73 Å². The van der Waals surface area contributed by atoms with E-state index in [2.05, 4.69) is 35.2 Å². The first-order valence-electron chi connectivity index (χ1n) is 6.37. The van der Waals surface area contributed by atoms with Crippen molar-refractivity contribution in [2.75, 3.05) is 26.2 Å². The van der Waals surface area contributed by atoms with Gasteiger partial charge < -0.3 is 10.6 Å². The molecule has 2 heteroatoms. The van der Waals surface area contributed by atoms with E-state index in [1.54, 1.807) is 0 Å². The van der Waals surface area contributed by atoms with E-state index >= 15 is 0 Å². The number of nitrogens with zero attached hydrogens (tertiary/aromatic N) is 1. The summed E-state index contributed by atoms with van der Waals surface area (Å²) in [5.74, 6) is 0.774. The maximum atomic E-state index is 5.48. The smallest absolute Gasteiger partial charge is 0.00936 e. The van der Waals surface area contributed by atoms with Gasteiger partial charge in [-0.3, -0.25) is 0 Å². The van der Waals surface area contributed by atoms with Gasteiger partial charge in [-0.25, -0.2) is 0 Å². The SMILES string of the molecule is NCCCCCN1CC(c2ccccc2)C1. The third-order valence-electron chi connectivity index (χ3n) is 3.41. The minimum atomic E-state index is 0.774. The molecule has 0 saturated carbocycles. The molecule has 88 valence electrons. The summed E-state index contributed by atoms with van der Waals surface area (Å²) in [6, 6.07) is 10.9. The highest BCUT2D eigenvalue weighted by Crippen LogP contribution is 2.26. The molecule has 0 spiro atoms. The summed E-state index contributed by atoms with van der Waals surface area (Å²) in [6.45, 7) is 4.58. The second-order valence-electron chi connectivity index (χ2n) is 4.72. The molecule has 16 heavy (non-hydrogen) atoms. The first-order chi connectivity index (χ1) is 7.90. The van der Waals surface area contributed by atoms with E-state index in [4.69, 9.17) is 5.73 Å². The summed E-state index contributed by atoms with van der Waals surface area (Å²) in [7, 11) is 0. The highest BCUT2D eigenvalue weighted by atomic mass is 15.2. The number of benzene rings is 1. The van der Waals surface area contributed by atoms with Gasteiger partial charge in [-0.1, -0.05) is 36.8 Å². The molecular formula is C14H22N2. The molecule has 1 aromatic carbocycles. The van der Waals surface area contributed by atoms with E-state index < -0.39 is 0 Å². The normalized spacial score (nSPS) is 17.3. The van der Waals surface area contributed by atoms with Gasteiger partial charge in [0.15, 0.2) is 0 Å². The predicted molar refractivity (Wildman–Crippen MR) is 68.5 cm³/mol. The first-order valence-corrected chi connectivity index (χ1v) is 6.37. The summed E-state index contributed by atoms with van der Waals surface area (Å²) >= 11 is 0. The van der Waals surface area contributed by atoms with Crippen LogP contribution >= 0.6 is 0 Å². The topological polar surface area (TPSA) is 29.3 Å². The van der Waals surface area contributed by atoms with Gasteiger partial charge in [0.2, 0.25) is 0 Å². The standard InChI is InChI=1S/C14H22N2/c15-9-5-2-6-10-16-11-14(12-16)13-7-3-1-4-8-13/h1,3-4,7-8,14H,2,5-6,9-12,15H2. The van der Waals surface area contributed by atoms with Crippen LogP contribution in [0, 0.1) is 0 Å². The van der Waals surface area contributed by atoms with Crippen LogP contribution in [0.15, 0.2) is 30.3 Å². The summed E-state index contributed by atoms with van der Waals surface area (Å²) in [5, 5.41) is 0. The molecule has 1 fully saturated rings. The molecule has 1 aliphatic heterocycles. The van der Waals surface area contributed by atoms with Crippen LogP contribution in [0.5, 0.6) is 0 Å². The van der Waals surface area contributed by atoms with Crippen LogP contribution in [0.1, 0.15) is 30.7 Å². The lowest BCUT2D eigenvalue weighted by Crippen LogP contribution is -2.45. The Morgan fingerprint density at radius 2 is 1.81 bits per heavy atom. The molecule has 1 heterocycles. The lowest BCUT2D eigenvalue weighted by Gasteiger charge is -2.39. The Morgan fingerprint density at radius 1 is 1.06 bits per heavy atom. The van der Waals surface area contributed by atoms with E-state index in [9.17, 15) is 0 Å². The van der Waals surface area contributed by atoms with Crippen molar-refractivity contribution < 1.29 is 0 Å². The monoisotopic (exact) mass is 218 g/mol. The van der Waals surface area contributed by atoms with Gasteiger partial charge in [0.05, 0.1) is 0 Å². The molecule has 0 unspecified atom stereocenters. The third-order valence-corrected chi connectivity index (χ3v) is 3.41. The lowest BCUT2D eigenvalue weighted by molar-refractivity contribution is 0.145.